The van der Waals surface area contributed by atoms with Gasteiger partial charge in [0.25, 0.3) is 5.91 Å². The van der Waals surface area contributed by atoms with Gasteiger partial charge in [0.05, 0.1) is 22.0 Å². The van der Waals surface area contributed by atoms with Gasteiger partial charge in [-0.15, -0.1) is 16.8 Å². The zero-order chi connectivity index (χ0) is 25.1. The molecule has 1 fully saturated rings. The number of nitrogens with one attached hydrogen (secondary N) is 1. The molecule has 10 heteroatoms. The van der Waals surface area contributed by atoms with Gasteiger partial charge in [-0.1, -0.05) is 59.0 Å². The van der Waals surface area contributed by atoms with E-state index >= 15 is 0 Å². The molecule has 2 aromatic carbocycles. The molecule has 36 heavy (non-hydrogen) atoms. The maximum absolute atomic E-state index is 13.3. The Balaban J connectivity index is 1.29. The Morgan fingerprint density at radius 3 is 2.78 bits per heavy atom. The van der Waals surface area contributed by atoms with Gasteiger partial charge in [0.1, 0.15) is 0 Å². The predicted octanol–water partition coefficient (Wildman–Crippen LogP) is 5.09. The van der Waals surface area contributed by atoms with Crippen LogP contribution in [-0.2, 0) is 11.3 Å². The number of fused-ring (bicyclic) bond motifs is 1. The highest BCUT2D eigenvalue weighted by Crippen LogP contribution is 2.34. The summed E-state index contributed by atoms with van der Waals surface area (Å²) in [5.41, 5.74) is 2.65. The number of thiazole rings is 1. The Bertz CT molecular complexity index is 1380. The Labute approximate surface area is 217 Å². The SMILES string of the molecule is C=CCn1c(SCC(=O)Nc2nc3ccccc3s2)nnc1C1CCCN1C(=O)c1ccc(C)cc1. The van der Waals surface area contributed by atoms with Crippen molar-refractivity contribution in [3.63, 3.8) is 0 Å². The number of rotatable bonds is 8. The number of benzene rings is 2. The lowest BCUT2D eigenvalue weighted by Gasteiger charge is -2.24. The Morgan fingerprint density at radius 1 is 1.19 bits per heavy atom. The number of para-hydroxylation sites is 1. The Kier molecular flexibility index (Phi) is 7.15. The van der Waals surface area contributed by atoms with E-state index in [-0.39, 0.29) is 23.6 Å². The fraction of sp³-hybridized carbons (Fsp3) is 0.269. The molecule has 1 saturated heterocycles. The predicted molar refractivity (Wildman–Crippen MR) is 143 cm³/mol. The van der Waals surface area contributed by atoms with Crippen LogP contribution in [-0.4, -0.2) is 48.8 Å². The maximum Gasteiger partial charge on any atom is 0.254 e. The minimum absolute atomic E-state index is 0.00457. The average Bonchev–Trinajstić information content (AvgIpc) is 3.61. The van der Waals surface area contributed by atoms with Crippen LogP contribution in [0.15, 0.2) is 66.3 Å². The molecule has 1 unspecified atom stereocenters. The minimum atomic E-state index is -0.169. The van der Waals surface area contributed by atoms with Crippen LogP contribution in [0, 0.1) is 6.92 Å². The van der Waals surface area contributed by atoms with E-state index in [2.05, 4.69) is 27.1 Å². The fourth-order valence-corrected chi connectivity index (χ4v) is 5.94. The third kappa shape index (κ3) is 5.05. The van der Waals surface area contributed by atoms with E-state index in [9.17, 15) is 9.59 Å². The van der Waals surface area contributed by atoms with E-state index in [4.69, 9.17) is 0 Å². The molecule has 1 aliphatic heterocycles. The van der Waals surface area contributed by atoms with Gasteiger partial charge in [0, 0.05) is 18.7 Å². The number of aryl methyl sites for hydroxylation is 1. The van der Waals surface area contributed by atoms with Gasteiger partial charge in [0.15, 0.2) is 16.1 Å². The number of hydrogen-bond donors (Lipinski definition) is 1. The number of thioether (sulfide) groups is 1. The van der Waals surface area contributed by atoms with Crippen molar-refractivity contribution in [2.45, 2.75) is 37.5 Å². The van der Waals surface area contributed by atoms with Gasteiger partial charge in [-0.2, -0.15) is 0 Å². The largest absolute Gasteiger partial charge is 0.328 e. The first kappa shape index (κ1) is 24.2. The molecule has 5 rings (SSSR count). The summed E-state index contributed by atoms with van der Waals surface area (Å²) in [4.78, 5) is 32.2. The van der Waals surface area contributed by atoms with Crippen molar-refractivity contribution in [1.29, 1.82) is 0 Å². The first-order valence-corrected chi connectivity index (χ1v) is 13.5. The molecule has 0 saturated carbocycles. The second-order valence-corrected chi connectivity index (χ2v) is 10.6. The summed E-state index contributed by atoms with van der Waals surface area (Å²) in [5, 5.41) is 12.9. The maximum atomic E-state index is 13.3. The molecular formula is C26H26N6O2S2. The van der Waals surface area contributed by atoms with Crippen LogP contribution < -0.4 is 5.32 Å². The van der Waals surface area contributed by atoms with Crippen molar-refractivity contribution < 1.29 is 9.59 Å². The zero-order valence-electron chi connectivity index (χ0n) is 19.9. The van der Waals surface area contributed by atoms with Crippen LogP contribution in [0.5, 0.6) is 0 Å². The van der Waals surface area contributed by atoms with Crippen molar-refractivity contribution in [2.24, 2.45) is 0 Å². The summed E-state index contributed by atoms with van der Waals surface area (Å²) in [6.07, 6.45) is 3.49. The van der Waals surface area contributed by atoms with E-state index < -0.39 is 0 Å². The fourth-order valence-electron chi connectivity index (χ4n) is 4.31. The summed E-state index contributed by atoms with van der Waals surface area (Å²) in [6, 6.07) is 15.2. The molecule has 0 bridgehead atoms. The normalized spacial score (nSPS) is 15.4. The topological polar surface area (TPSA) is 93.0 Å². The summed E-state index contributed by atoms with van der Waals surface area (Å²) in [7, 11) is 0. The zero-order valence-corrected chi connectivity index (χ0v) is 21.5. The Hall–Kier alpha value is -3.50. The van der Waals surface area contributed by atoms with Crippen molar-refractivity contribution in [2.75, 3.05) is 17.6 Å². The second kappa shape index (κ2) is 10.6. The lowest BCUT2D eigenvalue weighted by molar-refractivity contribution is -0.113. The van der Waals surface area contributed by atoms with Crippen molar-refractivity contribution in [3.8, 4) is 0 Å². The quantitative estimate of drug-likeness (QED) is 0.258. The number of hydrogen-bond acceptors (Lipinski definition) is 7. The standard InChI is InChI=1S/C26H26N6O2S2/c1-3-14-32-23(20-8-6-15-31(20)24(34)18-12-10-17(2)11-13-18)29-30-26(32)35-16-22(33)28-25-27-19-7-4-5-9-21(19)36-25/h3-5,7,9-13,20H,1,6,8,14-16H2,2H3,(H,27,28,33). The highest BCUT2D eigenvalue weighted by atomic mass is 32.2. The number of likely N-dealkylation sites (tertiary alicyclic amines) is 1. The molecule has 3 heterocycles. The first-order valence-electron chi connectivity index (χ1n) is 11.7. The van der Waals surface area contributed by atoms with Gasteiger partial charge in [-0.25, -0.2) is 4.98 Å². The average molecular weight is 519 g/mol. The molecule has 4 aromatic rings. The first-order chi connectivity index (χ1) is 17.5. The number of amides is 2. The van der Waals surface area contributed by atoms with E-state index in [1.807, 2.05) is 64.9 Å². The van der Waals surface area contributed by atoms with Crippen molar-refractivity contribution in [3.05, 3.63) is 78.1 Å². The highest BCUT2D eigenvalue weighted by Gasteiger charge is 2.34. The van der Waals surface area contributed by atoms with Gasteiger partial charge in [-0.3, -0.25) is 9.59 Å². The molecule has 0 spiro atoms. The molecule has 2 aromatic heterocycles. The van der Waals surface area contributed by atoms with Crippen LogP contribution in [0.1, 0.15) is 40.6 Å². The van der Waals surface area contributed by atoms with Crippen molar-refractivity contribution >= 4 is 50.3 Å². The number of carbonyl (C=O) groups excluding carboxylic acids is 2. The molecular weight excluding hydrogens is 492 g/mol. The lowest BCUT2D eigenvalue weighted by Crippen LogP contribution is -2.32. The number of aromatic nitrogens is 4. The van der Waals surface area contributed by atoms with E-state index in [1.54, 1.807) is 6.08 Å². The number of anilines is 1. The van der Waals surface area contributed by atoms with Gasteiger partial charge in [-0.05, 0) is 44.0 Å². The molecule has 8 nitrogen and oxygen atoms in total. The molecule has 1 N–H and O–H groups in total. The lowest BCUT2D eigenvalue weighted by atomic mass is 10.1. The number of allylic oxidation sites excluding steroid dienone is 1. The number of carbonyl (C=O) groups is 2. The second-order valence-electron chi connectivity index (χ2n) is 8.59. The van der Waals surface area contributed by atoms with Crippen LogP contribution in [0.25, 0.3) is 10.2 Å². The molecule has 1 aliphatic rings. The van der Waals surface area contributed by atoms with Crippen LogP contribution in [0.2, 0.25) is 0 Å². The smallest absolute Gasteiger partial charge is 0.254 e. The summed E-state index contributed by atoms with van der Waals surface area (Å²) in [5.74, 6) is 0.727. The van der Waals surface area contributed by atoms with Crippen LogP contribution >= 0.6 is 23.1 Å². The molecule has 184 valence electrons. The Morgan fingerprint density at radius 2 is 2.00 bits per heavy atom. The highest BCUT2D eigenvalue weighted by molar-refractivity contribution is 7.99. The summed E-state index contributed by atoms with van der Waals surface area (Å²) >= 11 is 2.76. The van der Waals surface area contributed by atoms with Gasteiger partial charge in [0.2, 0.25) is 5.91 Å². The minimum Gasteiger partial charge on any atom is -0.328 e. The summed E-state index contributed by atoms with van der Waals surface area (Å²) < 4.78 is 2.98. The molecule has 2 amide bonds. The third-order valence-electron chi connectivity index (χ3n) is 6.04. The van der Waals surface area contributed by atoms with Crippen molar-refractivity contribution in [1.82, 2.24) is 24.6 Å². The third-order valence-corrected chi connectivity index (χ3v) is 7.96. The molecule has 0 radical (unpaired) electrons. The monoisotopic (exact) mass is 518 g/mol. The molecule has 0 aliphatic carbocycles. The number of nitrogens with zero attached hydrogens (tertiary/aromatic N) is 5. The van der Waals surface area contributed by atoms with Gasteiger partial charge >= 0.3 is 0 Å². The molecule has 1 atom stereocenters. The van der Waals surface area contributed by atoms with E-state index in [1.165, 1.54) is 23.1 Å². The summed E-state index contributed by atoms with van der Waals surface area (Å²) in [6.45, 7) is 7.04. The van der Waals surface area contributed by atoms with Crippen LogP contribution in [0.4, 0.5) is 5.13 Å². The van der Waals surface area contributed by atoms with E-state index in [0.29, 0.717) is 28.9 Å². The van der Waals surface area contributed by atoms with Crippen LogP contribution in [0.3, 0.4) is 0 Å². The van der Waals surface area contributed by atoms with Gasteiger partial charge < -0.3 is 14.8 Å². The van der Waals surface area contributed by atoms with E-state index in [0.717, 1.165) is 34.4 Å².